The molecule has 0 saturated heterocycles. The predicted octanol–water partition coefficient (Wildman–Crippen LogP) is 1.92. The molecule has 3 N–H and O–H groups in total. The maximum absolute atomic E-state index is 12.4. The second-order valence-corrected chi connectivity index (χ2v) is 6.48. The van der Waals surface area contributed by atoms with Gasteiger partial charge in [0.25, 0.3) is 0 Å². The SMILES string of the molecule is CCOC(=O)C(C)(C)n1cc(NC(=O)[C@@H]2CCC[C@@H]2CN)cn1.Cl. The van der Waals surface area contributed by atoms with Gasteiger partial charge >= 0.3 is 5.97 Å². The normalized spacial score (nSPS) is 20.3. The Balaban J connectivity index is 0.00000288. The topological polar surface area (TPSA) is 99.2 Å². The Labute approximate surface area is 148 Å². The van der Waals surface area contributed by atoms with E-state index in [4.69, 9.17) is 10.5 Å². The number of esters is 1. The van der Waals surface area contributed by atoms with Crippen LogP contribution in [0, 0.1) is 11.8 Å². The highest BCUT2D eigenvalue weighted by atomic mass is 35.5. The highest BCUT2D eigenvalue weighted by Gasteiger charge is 2.34. The molecule has 1 aromatic heterocycles. The number of hydrogen-bond donors (Lipinski definition) is 2. The molecule has 0 bridgehead atoms. The fraction of sp³-hybridized carbons (Fsp3) is 0.688. The van der Waals surface area contributed by atoms with Crippen LogP contribution in [-0.4, -0.2) is 34.8 Å². The minimum Gasteiger partial charge on any atom is -0.464 e. The summed E-state index contributed by atoms with van der Waals surface area (Å²) in [4.78, 5) is 24.4. The second kappa shape index (κ2) is 8.48. The molecule has 0 aromatic carbocycles. The molecule has 1 fully saturated rings. The standard InChI is InChI=1S/C16H26N4O3.ClH/c1-4-23-15(22)16(2,3)20-10-12(9-18-20)19-14(21)13-7-5-6-11(13)8-17;/h9-11,13H,4-8,17H2,1-3H3,(H,19,21);1H/t11-,13-;/m1./s1. The zero-order chi connectivity index (χ0) is 17.0. The van der Waals surface area contributed by atoms with Crippen LogP contribution in [0.5, 0.6) is 0 Å². The number of nitrogens with two attached hydrogens (primary N) is 1. The third kappa shape index (κ3) is 4.27. The summed E-state index contributed by atoms with van der Waals surface area (Å²) >= 11 is 0. The van der Waals surface area contributed by atoms with Crippen molar-refractivity contribution >= 4 is 30.0 Å². The van der Waals surface area contributed by atoms with Crippen molar-refractivity contribution in [3.63, 3.8) is 0 Å². The van der Waals surface area contributed by atoms with Gasteiger partial charge in [0.15, 0.2) is 5.54 Å². The molecular formula is C16H27ClN4O3. The molecule has 2 atom stereocenters. The molecule has 1 aliphatic carbocycles. The summed E-state index contributed by atoms with van der Waals surface area (Å²) in [6, 6.07) is 0. The minimum atomic E-state index is -0.924. The molecular weight excluding hydrogens is 332 g/mol. The number of amides is 1. The molecule has 1 amide bonds. The fourth-order valence-corrected chi connectivity index (χ4v) is 2.99. The third-order valence-corrected chi connectivity index (χ3v) is 4.50. The highest BCUT2D eigenvalue weighted by Crippen LogP contribution is 2.32. The van der Waals surface area contributed by atoms with Crippen molar-refractivity contribution in [3.05, 3.63) is 12.4 Å². The number of hydrogen-bond acceptors (Lipinski definition) is 5. The van der Waals surface area contributed by atoms with Crippen LogP contribution in [0.15, 0.2) is 12.4 Å². The van der Waals surface area contributed by atoms with Crippen molar-refractivity contribution in [2.24, 2.45) is 17.6 Å². The van der Waals surface area contributed by atoms with Gasteiger partial charge in [-0.15, -0.1) is 12.4 Å². The first-order chi connectivity index (χ1) is 10.9. The van der Waals surface area contributed by atoms with Crippen LogP contribution in [0.2, 0.25) is 0 Å². The molecule has 0 aliphatic heterocycles. The molecule has 1 saturated carbocycles. The maximum Gasteiger partial charge on any atom is 0.333 e. The second-order valence-electron chi connectivity index (χ2n) is 6.48. The number of carbonyl (C=O) groups excluding carboxylic acids is 2. The molecule has 2 rings (SSSR count). The number of carbonyl (C=O) groups is 2. The number of anilines is 1. The molecule has 7 nitrogen and oxygen atoms in total. The van der Waals surface area contributed by atoms with E-state index in [1.54, 1.807) is 33.2 Å². The van der Waals surface area contributed by atoms with Crippen molar-refractivity contribution in [2.45, 2.75) is 45.6 Å². The van der Waals surface area contributed by atoms with Gasteiger partial charge in [0.2, 0.25) is 5.91 Å². The molecule has 8 heteroatoms. The first kappa shape index (κ1) is 20.4. The van der Waals surface area contributed by atoms with Crippen LogP contribution in [-0.2, 0) is 19.9 Å². The average molecular weight is 359 g/mol. The summed E-state index contributed by atoms with van der Waals surface area (Å²) in [5.41, 5.74) is 5.38. The van der Waals surface area contributed by atoms with Crippen molar-refractivity contribution in [3.8, 4) is 0 Å². The Kier molecular flexibility index (Phi) is 7.23. The van der Waals surface area contributed by atoms with E-state index in [9.17, 15) is 9.59 Å². The van der Waals surface area contributed by atoms with Gasteiger partial charge in [-0.05, 0) is 46.1 Å². The lowest BCUT2D eigenvalue weighted by atomic mass is 9.95. The molecule has 1 heterocycles. The van der Waals surface area contributed by atoms with Gasteiger partial charge in [0.05, 0.1) is 18.5 Å². The smallest absolute Gasteiger partial charge is 0.333 e. The van der Waals surface area contributed by atoms with Crippen LogP contribution in [0.3, 0.4) is 0 Å². The minimum absolute atomic E-state index is 0. The fourth-order valence-electron chi connectivity index (χ4n) is 2.99. The number of aromatic nitrogens is 2. The maximum atomic E-state index is 12.4. The largest absolute Gasteiger partial charge is 0.464 e. The molecule has 0 radical (unpaired) electrons. The van der Waals surface area contributed by atoms with Crippen LogP contribution < -0.4 is 11.1 Å². The van der Waals surface area contributed by atoms with Crippen LogP contribution in [0.4, 0.5) is 5.69 Å². The average Bonchev–Trinajstić information content (AvgIpc) is 3.16. The Hall–Kier alpha value is -1.60. The number of nitrogens with one attached hydrogen (secondary N) is 1. The Morgan fingerprint density at radius 1 is 1.46 bits per heavy atom. The van der Waals surface area contributed by atoms with Crippen molar-refractivity contribution in [1.82, 2.24) is 9.78 Å². The van der Waals surface area contributed by atoms with E-state index in [-0.39, 0.29) is 36.1 Å². The predicted molar refractivity (Wildman–Crippen MR) is 93.9 cm³/mol. The Morgan fingerprint density at radius 2 is 2.17 bits per heavy atom. The van der Waals surface area contributed by atoms with Gasteiger partial charge in [-0.2, -0.15) is 5.10 Å². The molecule has 136 valence electrons. The van der Waals surface area contributed by atoms with Gasteiger partial charge in [-0.3, -0.25) is 9.48 Å². The Bertz CT molecular complexity index is 573. The Morgan fingerprint density at radius 3 is 2.79 bits per heavy atom. The summed E-state index contributed by atoms with van der Waals surface area (Å²) in [5, 5.41) is 7.07. The quantitative estimate of drug-likeness (QED) is 0.757. The lowest BCUT2D eigenvalue weighted by molar-refractivity contribution is -0.152. The molecule has 24 heavy (non-hydrogen) atoms. The van der Waals surface area contributed by atoms with Gasteiger partial charge in [0.1, 0.15) is 0 Å². The number of ether oxygens (including phenoxy) is 1. The van der Waals surface area contributed by atoms with E-state index in [0.29, 0.717) is 18.8 Å². The summed E-state index contributed by atoms with van der Waals surface area (Å²) in [6.45, 7) is 6.07. The molecule has 1 aromatic rings. The highest BCUT2D eigenvalue weighted by molar-refractivity contribution is 5.92. The van der Waals surface area contributed by atoms with E-state index in [0.717, 1.165) is 19.3 Å². The zero-order valence-corrected chi connectivity index (χ0v) is 15.3. The lowest BCUT2D eigenvalue weighted by Crippen LogP contribution is -2.37. The number of rotatable bonds is 6. The first-order valence-electron chi connectivity index (χ1n) is 8.13. The summed E-state index contributed by atoms with van der Waals surface area (Å²) < 4.78 is 6.57. The zero-order valence-electron chi connectivity index (χ0n) is 14.4. The van der Waals surface area contributed by atoms with Gasteiger partial charge in [-0.25, -0.2) is 4.79 Å². The molecule has 1 aliphatic rings. The molecule has 0 unspecified atom stereocenters. The first-order valence-corrected chi connectivity index (χ1v) is 8.13. The van der Waals surface area contributed by atoms with E-state index < -0.39 is 5.54 Å². The third-order valence-electron chi connectivity index (χ3n) is 4.50. The van der Waals surface area contributed by atoms with Crippen LogP contribution in [0.25, 0.3) is 0 Å². The van der Waals surface area contributed by atoms with E-state index >= 15 is 0 Å². The van der Waals surface area contributed by atoms with Gasteiger partial charge in [0, 0.05) is 12.1 Å². The molecule has 0 spiro atoms. The van der Waals surface area contributed by atoms with Gasteiger partial charge in [-0.1, -0.05) is 6.42 Å². The van der Waals surface area contributed by atoms with Crippen molar-refractivity contribution in [2.75, 3.05) is 18.5 Å². The van der Waals surface area contributed by atoms with E-state index in [1.807, 2.05) is 0 Å². The van der Waals surface area contributed by atoms with Crippen molar-refractivity contribution in [1.29, 1.82) is 0 Å². The summed E-state index contributed by atoms with van der Waals surface area (Å²) in [5.74, 6) is -0.172. The van der Waals surface area contributed by atoms with E-state index in [2.05, 4.69) is 10.4 Å². The summed E-state index contributed by atoms with van der Waals surface area (Å²) in [6.07, 6.45) is 6.11. The number of nitrogens with zero attached hydrogens (tertiary/aromatic N) is 2. The number of halogens is 1. The monoisotopic (exact) mass is 358 g/mol. The van der Waals surface area contributed by atoms with Crippen molar-refractivity contribution < 1.29 is 14.3 Å². The van der Waals surface area contributed by atoms with Crippen LogP contribution >= 0.6 is 12.4 Å². The van der Waals surface area contributed by atoms with Crippen LogP contribution in [0.1, 0.15) is 40.0 Å². The lowest BCUT2D eigenvalue weighted by Gasteiger charge is -2.22. The van der Waals surface area contributed by atoms with Gasteiger partial charge < -0.3 is 15.8 Å². The summed E-state index contributed by atoms with van der Waals surface area (Å²) in [7, 11) is 0. The van der Waals surface area contributed by atoms with E-state index in [1.165, 1.54) is 4.68 Å².